The summed E-state index contributed by atoms with van der Waals surface area (Å²) in [7, 11) is 0. The van der Waals surface area contributed by atoms with Crippen LogP contribution in [-0.2, 0) is 5.41 Å². The Balaban J connectivity index is 1.67. The Morgan fingerprint density at radius 2 is 1.86 bits per heavy atom. The molecule has 2 unspecified atom stereocenters. The summed E-state index contributed by atoms with van der Waals surface area (Å²) in [5, 5.41) is 0. The maximum absolute atomic E-state index is 4.97. The van der Waals surface area contributed by atoms with Crippen molar-refractivity contribution in [3.05, 3.63) is 24.3 Å². The largest absolute Gasteiger partial charge is 0.340 e. The van der Waals surface area contributed by atoms with Crippen LogP contribution in [0, 0.1) is 16.7 Å². The summed E-state index contributed by atoms with van der Waals surface area (Å²) < 4.78 is 0. The van der Waals surface area contributed by atoms with E-state index in [2.05, 4.69) is 23.8 Å². The molecule has 1 N–H and O–H groups in total. The number of H-pyrrole nitrogens is 1. The second kappa shape index (κ2) is 3.50. The van der Waals surface area contributed by atoms with Gasteiger partial charge in [0, 0.05) is 11.6 Å². The van der Waals surface area contributed by atoms with Crippen LogP contribution in [0.5, 0.6) is 0 Å². The van der Waals surface area contributed by atoms with E-state index in [1.54, 1.807) is 0 Å². The minimum atomic E-state index is 0.294. The zero-order chi connectivity index (χ0) is 14.3. The number of hydrogen-bond donors (Lipinski definition) is 1. The third-order valence-electron chi connectivity index (χ3n) is 6.41. The van der Waals surface area contributed by atoms with Crippen LogP contribution in [-0.4, -0.2) is 15.0 Å². The van der Waals surface area contributed by atoms with E-state index < -0.39 is 0 Å². The fourth-order valence-electron chi connectivity index (χ4n) is 6.82. The molecule has 0 aromatic carbocycles. The van der Waals surface area contributed by atoms with Gasteiger partial charge in [0.05, 0.1) is 17.2 Å². The molecule has 0 aliphatic heterocycles. The van der Waals surface area contributed by atoms with Gasteiger partial charge in [-0.3, -0.25) is 4.98 Å². The normalized spacial score (nSPS) is 44.6. The molecule has 6 rings (SSSR count). The molecule has 21 heavy (non-hydrogen) atoms. The van der Waals surface area contributed by atoms with E-state index in [9.17, 15) is 0 Å². The van der Waals surface area contributed by atoms with Crippen molar-refractivity contribution in [2.45, 2.75) is 57.8 Å². The molecule has 4 fully saturated rings. The standard InChI is InChI=1S/C18H23N3/c1-16-5-12-6-17(2,9-16)11-18(7-12,10-16)15-20-13-3-4-19-8-14(13)21-15/h3-4,8,12H,5-7,9-11H2,1-2H3,(H,20,21). The molecule has 0 saturated heterocycles. The van der Waals surface area contributed by atoms with Gasteiger partial charge in [-0.05, 0) is 61.3 Å². The van der Waals surface area contributed by atoms with Crippen molar-refractivity contribution in [2.75, 3.05) is 0 Å². The number of fused-ring (bicyclic) bond motifs is 1. The second-order valence-corrected chi connectivity index (χ2v) is 8.89. The summed E-state index contributed by atoms with van der Waals surface area (Å²) in [6, 6.07) is 2.03. The van der Waals surface area contributed by atoms with Gasteiger partial charge in [-0.25, -0.2) is 4.98 Å². The number of nitrogens with zero attached hydrogens (tertiary/aromatic N) is 2. The monoisotopic (exact) mass is 281 g/mol. The molecule has 4 aliphatic carbocycles. The molecule has 3 heteroatoms. The number of nitrogens with one attached hydrogen (secondary N) is 1. The van der Waals surface area contributed by atoms with Gasteiger partial charge in [0.25, 0.3) is 0 Å². The Morgan fingerprint density at radius 3 is 2.52 bits per heavy atom. The van der Waals surface area contributed by atoms with Crippen LogP contribution in [0.4, 0.5) is 0 Å². The van der Waals surface area contributed by atoms with Crippen molar-refractivity contribution >= 4 is 11.0 Å². The van der Waals surface area contributed by atoms with Crippen molar-refractivity contribution in [3.63, 3.8) is 0 Å². The van der Waals surface area contributed by atoms with Crippen LogP contribution in [0.15, 0.2) is 18.5 Å². The molecule has 3 nitrogen and oxygen atoms in total. The van der Waals surface area contributed by atoms with Crippen LogP contribution in [0.2, 0.25) is 0 Å². The summed E-state index contributed by atoms with van der Waals surface area (Å²) in [5.41, 5.74) is 3.53. The first-order valence-electron chi connectivity index (χ1n) is 8.28. The lowest BCUT2D eigenvalue weighted by Crippen LogP contribution is -2.57. The number of imidazole rings is 1. The van der Waals surface area contributed by atoms with Crippen molar-refractivity contribution < 1.29 is 0 Å². The average Bonchev–Trinajstić information content (AvgIpc) is 2.78. The van der Waals surface area contributed by atoms with Crippen LogP contribution < -0.4 is 0 Å². The second-order valence-electron chi connectivity index (χ2n) is 8.89. The number of hydrogen-bond acceptors (Lipinski definition) is 2. The molecule has 4 aliphatic rings. The van der Waals surface area contributed by atoms with Gasteiger partial charge >= 0.3 is 0 Å². The fourth-order valence-corrected chi connectivity index (χ4v) is 6.82. The van der Waals surface area contributed by atoms with E-state index in [4.69, 9.17) is 4.98 Å². The molecular formula is C18H23N3. The van der Waals surface area contributed by atoms with Crippen LogP contribution in [0.25, 0.3) is 11.0 Å². The lowest BCUT2D eigenvalue weighted by Gasteiger charge is -2.64. The first-order chi connectivity index (χ1) is 9.98. The van der Waals surface area contributed by atoms with Crippen molar-refractivity contribution in [1.29, 1.82) is 0 Å². The first-order valence-corrected chi connectivity index (χ1v) is 8.28. The van der Waals surface area contributed by atoms with Crippen molar-refractivity contribution in [1.82, 2.24) is 15.0 Å². The third-order valence-corrected chi connectivity index (χ3v) is 6.41. The van der Waals surface area contributed by atoms with Gasteiger partial charge in [-0.15, -0.1) is 0 Å². The van der Waals surface area contributed by atoms with Crippen LogP contribution >= 0.6 is 0 Å². The highest BCUT2D eigenvalue weighted by atomic mass is 15.0. The van der Waals surface area contributed by atoms with E-state index in [0.717, 1.165) is 17.0 Å². The molecule has 2 atom stereocenters. The summed E-state index contributed by atoms with van der Waals surface area (Å²) in [6.45, 7) is 5.05. The van der Waals surface area contributed by atoms with Crippen LogP contribution in [0.3, 0.4) is 0 Å². The predicted octanol–water partition coefficient (Wildman–Crippen LogP) is 4.21. The van der Waals surface area contributed by atoms with Gasteiger partial charge in [0.15, 0.2) is 0 Å². The Kier molecular flexibility index (Phi) is 2.03. The Labute approximate surface area is 125 Å². The lowest BCUT2D eigenvalue weighted by atomic mass is 9.40. The fraction of sp³-hybridized carbons (Fsp3) is 0.667. The summed E-state index contributed by atoms with van der Waals surface area (Å²) in [4.78, 5) is 12.8. The topological polar surface area (TPSA) is 41.6 Å². The molecule has 2 heterocycles. The minimum Gasteiger partial charge on any atom is -0.340 e. The quantitative estimate of drug-likeness (QED) is 0.851. The number of aromatic amines is 1. The Hall–Kier alpha value is -1.38. The maximum atomic E-state index is 4.97. The van der Waals surface area contributed by atoms with Crippen molar-refractivity contribution in [3.8, 4) is 0 Å². The SMILES string of the molecule is CC12CC3CC(C)(C1)CC(c1nc4ccncc4[nH]1)(C3)C2. The van der Waals surface area contributed by atoms with Gasteiger partial charge in [-0.2, -0.15) is 0 Å². The number of rotatable bonds is 1. The van der Waals surface area contributed by atoms with E-state index in [1.165, 1.54) is 44.3 Å². The van der Waals surface area contributed by atoms with Gasteiger partial charge < -0.3 is 4.98 Å². The lowest BCUT2D eigenvalue weighted by molar-refractivity contribution is -0.112. The molecule has 2 aromatic rings. The molecule has 0 radical (unpaired) electrons. The van der Waals surface area contributed by atoms with Gasteiger partial charge in [0.2, 0.25) is 0 Å². The van der Waals surface area contributed by atoms with E-state index in [1.807, 2.05) is 18.5 Å². The van der Waals surface area contributed by atoms with E-state index in [-0.39, 0.29) is 0 Å². The highest BCUT2D eigenvalue weighted by Gasteiger charge is 2.61. The molecule has 2 aromatic heterocycles. The third kappa shape index (κ3) is 1.60. The molecule has 110 valence electrons. The summed E-state index contributed by atoms with van der Waals surface area (Å²) >= 11 is 0. The zero-order valence-corrected chi connectivity index (χ0v) is 12.9. The van der Waals surface area contributed by atoms with E-state index >= 15 is 0 Å². The Bertz CT molecular complexity index is 680. The van der Waals surface area contributed by atoms with Gasteiger partial charge in [0.1, 0.15) is 5.82 Å². The minimum absolute atomic E-state index is 0.294. The Morgan fingerprint density at radius 1 is 1.10 bits per heavy atom. The zero-order valence-electron chi connectivity index (χ0n) is 12.9. The smallest absolute Gasteiger partial charge is 0.113 e. The predicted molar refractivity (Wildman–Crippen MR) is 83.0 cm³/mol. The number of pyridine rings is 1. The molecular weight excluding hydrogens is 258 g/mol. The number of aromatic nitrogens is 3. The molecule has 4 bridgehead atoms. The van der Waals surface area contributed by atoms with Gasteiger partial charge in [-0.1, -0.05) is 13.8 Å². The first kappa shape index (κ1) is 12.2. The maximum Gasteiger partial charge on any atom is 0.113 e. The molecule has 0 spiro atoms. The molecule has 4 saturated carbocycles. The molecule has 0 amide bonds. The van der Waals surface area contributed by atoms with Crippen molar-refractivity contribution in [2.24, 2.45) is 16.7 Å². The highest BCUT2D eigenvalue weighted by molar-refractivity contribution is 5.73. The van der Waals surface area contributed by atoms with Crippen LogP contribution in [0.1, 0.15) is 58.2 Å². The average molecular weight is 281 g/mol. The summed E-state index contributed by atoms with van der Waals surface area (Å²) in [5.74, 6) is 2.15. The highest BCUT2D eigenvalue weighted by Crippen LogP contribution is 2.69. The summed E-state index contributed by atoms with van der Waals surface area (Å²) in [6.07, 6.45) is 12.0. The van der Waals surface area contributed by atoms with E-state index in [0.29, 0.717) is 16.2 Å².